The van der Waals surface area contributed by atoms with Crippen molar-refractivity contribution in [3.05, 3.63) is 137 Å². The van der Waals surface area contributed by atoms with E-state index in [-0.39, 0.29) is 5.95 Å². The number of allylic oxidation sites excluding steroid dienone is 5. The van der Waals surface area contributed by atoms with Crippen molar-refractivity contribution in [2.45, 2.75) is 11.8 Å². The summed E-state index contributed by atoms with van der Waals surface area (Å²) in [5.41, 5.74) is 4.87. The number of hydrogen-bond donors (Lipinski definition) is 1. The Labute approximate surface area is 183 Å². The average Bonchev–Trinajstić information content (AvgIpc) is 2.86. The Hall–Kier alpha value is -3.72. The summed E-state index contributed by atoms with van der Waals surface area (Å²) in [5, 5.41) is 10.0. The molecular formula is C28H26O3. The molecule has 0 unspecified atom stereocenters. The third kappa shape index (κ3) is 3.75. The molecule has 3 aromatic rings. The van der Waals surface area contributed by atoms with Crippen LogP contribution in [0, 0.1) is 0 Å². The molecule has 156 valence electrons. The molecular weight excluding hydrogens is 384 g/mol. The third-order valence-corrected chi connectivity index (χ3v) is 5.84. The fraction of sp³-hybridized carbons (Fsp3) is 0.143. The monoisotopic (exact) mass is 410 g/mol. The summed E-state index contributed by atoms with van der Waals surface area (Å²) in [6, 6.07) is 29.3. The second-order valence-electron chi connectivity index (χ2n) is 7.44. The van der Waals surface area contributed by atoms with Crippen LogP contribution in [0.2, 0.25) is 0 Å². The van der Waals surface area contributed by atoms with Crippen molar-refractivity contribution in [1.82, 2.24) is 0 Å². The number of benzene rings is 3. The van der Waals surface area contributed by atoms with Crippen LogP contribution in [0.1, 0.15) is 23.1 Å². The Bertz CT molecular complexity index is 1070. The molecule has 1 N–H and O–H groups in total. The molecule has 0 bridgehead atoms. The highest BCUT2D eigenvalue weighted by Gasteiger charge is 2.39. The van der Waals surface area contributed by atoms with E-state index < -0.39 is 5.41 Å². The number of hydrogen-bond acceptors (Lipinski definition) is 3. The lowest BCUT2D eigenvalue weighted by atomic mass is 9.63. The second-order valence-corrected chi connectivity index (χ2v) is 7.44. The fourth-order valence-corrected chi connectivity index (χ4v) is 4.33. The fourth-order valence-electron chi connectivity index (χ4n) is 4.33. The van der Waals surface area contributed by atoms with Crippen LogP contribution in [0.4, 0.5) is 0 Å². The summed E-state index contributed by atoms with van der Waals surface area (Å²) in [6.07, 6.45) is 6.79. The highest BCUT2D eigenvalue weighted by atomic mass is 16.6. The van der Waals surface area contributed by atoms with Gasteiger partial charge in [0.05, 0.1) is 19.6 Å². The molecule has 1 aliphatic carbocycles. The van der Waals surface area contributed by atoms with E-state index in [0.717, 1.165) is 22.5 Å². The normalized spacial score (nSPS) is 15.2. The molecule has 0 saturated carbocycles. The van der Waals surface area contributed by atoms with Crippen molar-refractivity contribution < 1.29 is 14.6 Å². The van der Waals surface area contributed by atoms with Crippen LogP contribution < -0.4 is 4.74 Å². The highest BCUT2D eigenvalue weighted by molar-refractivity contribution is 5.63. The van der Waals surface area contributed by atoms with Crippen molar-refractivity contribution in [1.29, 1.82) is 0 Å². The van der Waals surface area contributed by atoms with Gasteiger partial charge in [-0.2, -0.15) is 0 Å². The Balaban J connectivity index is 2.00. The second kappa shape index (κ2) is 8.97. The van der Waals surface area contributed by atoms with Crippen molar-refractivity contribution in [3.8, 4) is 5.75 Å². The summed E-state index contributed by atoms with van der Waals surface area (Å²) in [4.78, 5) is 0. The maximum Gasteiger partial charge on any atom is 0.279 e. The van der Waals surface area contributed by atoms with Crippen LogP contribution in [0.15, 0.2) is 120 Å². The zero-order chi connectivity index (χ0) is 21.7. The van der Waals surface area contributed by atoms with Crippen LogP contribution >= 0.6 is 0 Å². The largest absolute Gasteiger partial charge is 0.497 e. The number of aliphatic hydroxyl groups is 1. The molecule has 0 atom stereocenters. The first kappa shape index (κ1) is 20.5. The first-order valence-corrected chi connectivity index (χ1v) is 10.3. The van der Waals surface area contributed by atoms with Gasteiger partial charge in [0.2, 0.25) is 0 Å². The van der Waals surface area contributed by atoms with E-state index >= 15 is 0 Å². The molecule has 4 rings (SSSR count). The maximum absolute atomic E-state index is 10.0. The third-order valence-electron chi connectivity index (χ3n) is 5.84. The van der Waals surface area contributed by atoms with Gasteiger partial charge in [-0.1, -0.05) is 91.0 Å². The molecule has 0 aliphatic heterocycles. The molecule has 3 nitrogen and oxygen atoms in total. The van der Waals surface area contributed by atoms with E-state index in [1.54, 1.807) is 7.11 Å². The molecule has 3 heteroatoms. The summed E-state index contributed by atoms with van der Waals surface area (Å²) < 4.78 is 10.4. The topological polar surface area (TPSA) is 38.7 Å². The molecule has 0 heterocycles. The van der Waals surface area contributed by atoms with Crippen LogP contribution in [0.3, 0.4) is 0 Å². The van der Waals surface area contributed by atoms with Crippen molar-refractivity contribution in [3.63, 3.8) is 0 Å². The number of methoxy groups -OCH3 is 2. The number of rotatable bonds is 6. The van der Waals surface area contributed by atoms with E-state index in [9.17, 15) is 5.11 Å². The summed E-state index contributed by atoms with van der Waals surface area (Å²) >= 11 is 0. The van der Waals surface area contributed by atoms with Crippen LogP contribution in [-0.4, -0.2) is 19.3 Å². The van der Waals surface area contributed by atoms with Gasteiger partial charge in [-0.3, -0.25) is 0 Å². The van der Waals surface area contributed by atoms with Crippen LogP contribution in [0.5, 0.6) is 5.75 Å². The minimum Gasteiger partial charge on any atom is -0.497 e. The van der Waals surface area contributed by atoms with Gasteiger partial charge in [0, 0.05) is 5.57 Å². The Kier molecular flexibility index (Phi) is 5.94. The average molecular weight is 411 g/mol. The van der Waals surface area contributed by atoms with E-state index in [0.29, 0.717) is 6.42 Å². The lowest BCUT2D eigenvalue weighted by Crippen LogP contribution is -2.32. The van der Waals surface area contributed by atoms with Gasteiger partial charge in [0.15, 0.2) is 0 Å². The predicted octanol–water partition coefficient (Wildman–Crippen LogP) is 6.33. The van der Waals surface area contributed by atoms with E-state index in [1.807, 2.05) is 30.3 Å². The molecule has 3 aromatic carbocycles. The molecule has 0 aromatic heterocycles. The summed E-state index contributed by atoms with van der Waals surface area (Å²) in [6.45, 7) is 0. The van der Waals surface area contributed by atoms with E-state index in [2.05, 4.69) is 72.8 Å². The van der Waals surface area contributed by atoms with Gasteiger partial charge in [0.1, 0.15) is 5.75 Å². The molecule has 1 aliphatic rings. The first-order chi connectivity index (χ1) is 15.2. The molecule has 0 spiro atoms. The van der Waals surface area contributed by atoms with Gasteiger partial charge in [-0.15, -0.1) is 0 Å². The zero-order valence-corrected chi connectivity index (χ0v) is 17.8. The summed E-state index contributed by atoms with van der Waals surface area (Å²) in [5.74, 6) is 0.781. The molecule has 0 radical (unpaired) electrons. The van der Waals surface area contributed by atoms with Gasteiger partial charge >= 0.3 is 0 Å². The van der Waals surface area contributed by atoms with Crippen molar-refractivity contribution in [2.24, 2.45) is 0 Å². The van der Waals surface area contributed by atoms with Crippen molar-refractivity contribution in [2.75, 3.05) is 14.2 Å². The SMILES string of the molecule is COC(O)=C1C=CC(C(c2ccccc2)(c2ccccc2)c2ccc(OC)cc2)=CC1. The number of ether oxygens (including phenoxy) is 2. The van der Waals surface area contributed by atoms with Crippen molar-refractivity contribution >= 4 is 0 Å². The minimum atomic E-state index is -0.514. The quantitative estimate of drug-likeness (QED) is 0.381. The number of aliphatic hydroxyl groups excluding tert-OH is 1. The van der Waals surface area contributed by atoms with E-state index in [1.165, 1.54) is 18.2 Å². The Morgan fingerprint density at radius 1 is 0.742 bits per heavy atom. The standard InChI is InChI=1S/C28H26O3/c1-30-26-19-17-25(18-20-26)28(22-9-5-3-6-10-22,23-11-7-4-8-12-23)24-15-13-21(14-16-24)27(29)31-2/h3-13,15-20,29H,14H2,1-2H3. The lowest BCUT2D eigenvalue weighted by molar-refractivity contribution is 0.132. The van der Waals surface area contributed by atoms with Gasteiger partial charge in [0.25, 0.3) is 5.95 Å². The van der Waals surface area contributed by atoms with E-state index in [4.69, 9.17) is 9.47 Å². The summed E-state index contributed by atoms with van der Waals surface area (Å²) in [7, 11) is 3.16. The zero-order valence-electron chi connectivity index (χ0n) is 17.8. The molecule has 0 saturated heterocycles. The van der Waals surface area contributed by atoms with Crippen LogP contribution in [0.25, 0.3) is 0 Å². The van der Waals surface area contributed by atoms with Gasteiger partial charge in [-0.25, -0.2) is 0 Å². The Morgan fingerprint density at radius 2 is 1.29 bits per heavy atom. The van der Waals surface area contributed by atoms with Gasteiger partial charge < -0.3 is 14.6 Å². The predicted molar refractivity (Wildman–Crippen MR) is 124 cm³/mol. The first-order valence-electron chi connectivity index (χ1n) is 10.3. The van der Waals surface area contributed by atoms with Crippen LogP contribution in [-0.2, 0) is 10.2 Å². The maximum atomic E-state index is 10.0. The molecule has 0 amide bonds. The Morgan fingerprint density at radius 3 is 1.74 bits per heavy atom. The molecule has 0 fully saturated rings. The highest BCUT2D eigenvalue weighted by Crippen LogP contribution is 2.47. The van der Waals surface area contributed by atoms with Gasteiger partial charge in [-0.05, 0) is 40.8 Å². The minimum absolute atomic E-state index is 0.0407. The molecule has 31 heavy (non-hydrogen) atoms. The lowest BCUT2D eigenvalue weighted by Gasteiger charge is -2.38. The smallest absolute Gasteiger partial charge is 0.279 e.